The molecule has 0 radical (unpaired) electrons. The van der Waals surface area contributed by atoms with E-state index >= 15 is 0 Å². The lowest BCUT2D eigenvalue weighted by atomic mass is 9.93. The van der Waals surface area contributed by atoms with Crippen LogP contribution in [0.4, 0.5) is 0 Å². The van der Waals surface area contributed by atoms with E-state index < -0.39 is 0 Å². The number of nitrogens with one attached hydrogen (secondary N) is 1. The van der Waals surface area contributed by atoms with Crippen molar-refractivity contribution in [2.24, 2.45) is 0 Å². The van der Waals surface area contributed by atoms with E-state index in [0.717, 1.165) is 34.7 Å². The molecule has 4 nitrogen and oxygen atoms in total. The molecule has 0 aliphatic heterocycles. The summed E-state index contributed by atoms with van der Waals surface area (Å²) in [6.45, 7) is 5.58. The monoisotopic (exact) mass is 267 g/mol. The van der Waals surface area contributed by atoms with Crippen molar-refractivity contribution < 1.29 is 14.2 Å². The van der Waals surface area contributed by atoms with Crippen molar-refractivity contribution >= 4 is 0 Å². The van der Waals surface area contributed by atoms with Gasteiger partial charge in [0.25, 0.3) is 0 Å². The van der Waals surface area contributed by atoms with Crippen molar-refractivity contribution in [2.45, 2.75) is 19.8 Å². The zero-order chi connectivity index (χ0) is 14.4. The van der Waals surface area contributed by atoms with Crippen LogP contribution in [0, 0.1) is 13.8 Å². The van der Waals surface area contributed by atoms with E-state index in [1.807, 2.05) is 14.0 Å². The third kappa shape index (κ3) is 3.39. The summed E-state index contributed by atoms with van der Waals surface area (Å²) in [6, 6.07) is 2.06. The lowest BCUT2D eigenvalue weighted by Gasteiger charge is -2.23. The lowest BCUT2D eigenvalue weighted by Crippen LogP contribution is -2.22. The Kier molecular flexibility index (Phi) is 6.12. The topological polar surface area (TPSA) is 39.7 Å². The number of benzene rings is 1. The second-order valence-corrected chi connectivity index (χ2v) is 4.66. The molecule has 0 aliphatic rings. The number of likely N-dealkylation sites (N-methyl/N-ethyl adjacent to an activating group) is 1. The molecule has 1 N–H and O–H groups in total. The lowest BCUT2D eigenvalue weighted by molar-refractivity contribution is 0.177. The maximum atomic E-state index is 5.59. The van der Waals surface area contributed by atoms with E-state index in [0.29, 0.717) is 6.61 Å². The van der Waals surface area contributed by atoms with Crippen LogP contribution in [0.2, 0.25) is 0 Å². The fourth-order valence-corrected chi connectivity index (χ4v) is 2.38. The molecule has 4 heteroatoms. The first-order valence-corrected chi connectivity index (χ1v) is 6.46. The molecule has 1 atom stereocenters. The summed E-state index contributed by atoms with van der Waals surface area (Å²) in [5.41, 5.74) is 3.36. The van der Waals surface area contributed by atoms with Gasteiger partial charge in [-0.1, -0.05) is 0 Å². The molecule has 1 rings (SSSR count). The number of ether oxygens (including phenoxy) is 3. The van der Waals surface area contributed by atoms with Crippen LogP contribution in [-0.4, -0.2) is 41.5 Å². The Morgan fingerprint density at radius 3 is 2.26 bits per heavy atom. The Morgan fingerprint density at radius 2 is 1.79 bits per heavy atom. The van der Waals surface area contributed by atoms with Crippen LogP contribution >= 0.6 is 0 Å². The molecule has 1 aromatic carbocycles. The summed E-state index contributed by atoms with van der Waals surface area (Å²) in [5.74, 6) is 2.05. The highest BCUT2D eigenvalue weighted by molar-refractivity contribution is 5.54. The summed E-state index contributed by atoms with van der Waals surface area (Å²) >= 11 is 0. The predicted octanol–water partition coefficient (Wildman–Crippen LogP) is 2.27. The Balaban J connectivity index is 3.33. The quantitative estimate of drug-likeness (QED) is 0.822. The molecule has 0 amide bonds. The van der Waals surface area contributed by atoms with Gasteiger partial charge in [-0.15, -0.1) is 0 Å². The molecule has 0 heterocycles. The van der Waals surface area contributed by atoms with Crippen LogP contribution in [0.15, 0.2) is 6.07 Å². The van der Waals surface area contributed by atoms with Gasteiger partial charge in [0.2, 0.25) is 0 Å². The average molecular weight is 267 g/mol. The van der Waals surface area contributed by atoms with E-state index in [1.165, 1.54) is 0 Å². The Labute approximate surface area is 116 Å². The normalized spacial score (nSPS) is 12.3. The van der Waals surface area contributed by atoms with Crippen LogP contribution < -0.4 is 14.8 Å². The van der Waals surface area contributed by atoms with Gasteiger partial charge >= 0.3 is 0 Å². The highest BCUT2D eigenvalue weighted by atomic mass is 16.5. The molecule has 1 unspecified atom stereocenters. The molecule has 0 saturated carbocycles. The third-order valence-electron chi connectivity index (χ3n) is 3.50. The minimum Gasteiger partial charge on any atom is -0.496 e. The van der Waals surface area contributed by atoms with Gasteiger partial charge in [0.1, 0.15) is 11.5 Å². The third-order valence-corrected chi connectivity index (χ3v) is 3.50. The standard InChI is InChI=1S/C15H25NO3/c1-10-11(2)15(19-6)13(7-14(10)18-5)12(8-16-3)9-17-4/h7,12,16H,8-9H2,1-6H3. The highest BCUT2D eigenvalue weighted by Crippen LogP contribution is 2.37. The summed E-state index contributed by atoms with van der Waals surface area (Å²) in [5, 5.41) is 3.20. The van der Waals surface area contributed by atoms with E-state index in [2.05, 4.69) is 18.3 Å². The van der Waals surface area contributed by atoms with Gasteiger partial charge in [-0.25, -0.2) is 0 Å². The molecule has 0 spiro atoms. The van der Waals surface area contributed by atoms with Gasteiger partial charge in [0, 0.05) is 25.1 Å². The maximum absolute atomic E-state index is 5.59. The summed E-state index contributed by atoms with van der Waals surface area (Å²) < 4.78 is 16.4. The first-order chi connectivity index (χ1) is 9.10. The van der Waals surface area contributed by atoms with Crippen LogP contribution in [0.25, 0.3) is 0 Å². The maximum Gasteiger partial charge on any atom is 0.125 e. The molecule has 19 heavy (non-hydrogen) atoms. The van der Waals surface area contributed by atoms with Crippen molar-refractivity contribution in [3.05, 3.63) is 22.8 Å². The van der Waals surface area contributed by atoms with Gasteiger partial charge < -0.3 is 19.5 Å². The van der Waals surface area contributed by atoms with Gasteiger partial charge in [-0.05, 0) is 38.1 Å². The van der Waals surface area contributed by atoms with Gasteiger partial charge in [-0.3, -0.25) is 0 Å². The Morgan fingerprint density at radius 1 is 1.11 bits per heavy atom. The second-order valence-electron chi connectivity index (χ2n) is 4.66. The van der Waals surface area contributed by atoms with Crippen molar-refractivity contribution in [2.75, 3.05) is 41.5 Å². The first kappa shape index (κ1) is 15.8. The molecule has 0 fully saturated rings. The molecule has 0 bridgehead atoms. The fraction of sp³-hybridized carbons (Fsp3) is 0.600. The van der Waals surface area contributed by atoms with Crippen LogP contribution in [0.5, 0.6) is 11.5 Å². The van der Waals surface area contributed by atoms with Crippen molar-refractivity contribution in [3.63, 3.8) is 0 Å². The number of hydrogen-bond acceptors (Lipinski definition) is 4. The first-order valence-electron chi connectivity index (χ1n) is 6.46. The van der Waals surface area contributed by atoms with Crippen molar-refractivity contribution in [1.29, 1.82) is 0 Å². The summed E-state index contributed by atoms with van der Waals surface area (Å²) in [6.07, 6.45) is 0. The number of methoxy groups -OCH3 is 3. The molecular weight excluding hydrogens is 242 g/mol. The summed E-state index contributed by atoms with van der Waals surface area (Å²) in [4.78, 5) is 0. The van der Waals surface area contributed by atoms with E-state index in [1.54, 1.807) is 21.3 Å². The smallest absolute Gasteiger partial charge is 0.125 e. The van der Waals surface area contributed by atoms with Crippen LogP contribution in [0.1, 0.15) is 22.6 Å². The minimum atomic E-state index is 0.234. The molecular formula is C15H25NO3. The van der Waals surface area contributed by atoms with Gasteiger partial charge in [0.15, 0.2) is 0 Å². The minimum absolute atomic E-state index is 0.234. The summed E-state index contributed by atoms with van der Waals surface area (Å²) in [7, 11) is 7.06. The second kappa shape index (κ2) is 7.36. The largest absolute Gasteiger partial charge is 0.496 e. The average Bonchev–Trinajstić information content (AvgIpc) is 2.41. The molecule has 0 saturated heterocycles. The Bertz CT molecular complexity index is 412. The number of hydrogen-bond donors (Lipinski definition) is 1. The SMILES string of the molecule is CNCC(COC)c1cc(OC)c(C)c(C)c1OC. The van der Waals surface area contributed by atoms with E-state index in [9.17, 15) is 0 Å². The molecule has 108 valence electrons. The highest BCUT2D eigenvalue weighted by Gasteiger charge is 2.20. The van der Waals surface area contributed by atoms with Crippen LogP contribution in [-0.2, 0) is 4.74 Å². The zero-order valence-electron chi connectivity index (χ0n) is 12.8. The van der Waals surface area contributed by atoms with E-state index in [4.69, 9.17) is 14.2 Å². The molecule has 0 aliphatic carbocycles. The van der Waals surface area contributed by atoms with Gasteiger partial charge in [0.05, 0.1) is 20.8 Å². The van der Waals surface area contributed by atoms with Crippen LogP contribution in [0.3, 0.4) is 0 Å². The fourth-order valence-electron chi connectivity index (χ4n) is 2.38. The van der Waals surface area contributed by atoms with Gasteiger partial charge in [-0.2, -0.15) is 0 Å². The van der Waals surface area contributed by atoms with Crippen molar-refractivity contribution in [3.8, 4) is 11.5 Å². The molecule has 1 aromatic rings. The zero-order valence-corrected chi connectivity index (χ0v) is 12.8. The van der Waals surface area contributed by atoms with E-state index in [-0.39, 0.29) is 5.92 Å². The number of rotatable bonds is 7. The predicted molar refractivity (Wildman–Crippen MR) is 77.6 cm³/mol. The van der Waals surface area contributed by atoms with Crippen molar-refractivity contribution in [1.82, 2.24) is 5.32 Å². The molecule has 0 aromatic heterocycles. The Hall–Kier alpha value is -1.26.